The number of rotatable bonds is 55. The quantitative estimate of drug-likeness (QED) is 0.0195. The van der Waals surface area contributed by atoms with E-state index in [1.165, 1.54) is 161 Å². The molecule has 0 saturated carbocycles. The van der Waals surface area contributed by atoms with Crippen molar-refractivity contribution in [3.05, 3.63) is 60.8 Å². The number of carbonyl (C=O) groups is 2. The van der Waals surface area contributed by atoms with Crippen LogP contribution in [0.15, 0.2) is 60.8 Å². The number of amides is 1. The first-order valence-corrected chi connectivity index (χ1v) is 32.6. The SMILES string of the molecule is CCCCC/C=C\C/C=C\C/C=C\CCCCCCC(=O)OC1C(OCC(NC(=O)C(O)CCCCCCCCCCCC/C=C/CCCCCCCC)C(O)/C=C/CCCCCCCCCCCC)OC(CO)C(O)C1O. The number of hydrogen-bond acceptors (Lipinski definition) is 10. The molecule has 1 amide bonds. The Hall–Kier alpha value is -2.64. The Balaban J connectivity index is 2.66. The number of carbonyl (C=O) groups excluding carboxylic acids is 2. The van der Waals surface area contributed by atoms with Gasteiger partial charge in [0.25, 0.3) is 0 Å². The number of ether oxygens (including phenoxy) is 3. The lowest BCUT2D eigenvalue weighted by Gasteiger charge is -2.41. The van der Waals surface area contributed by atoms with Crippen molar-refractivity contribution >= 4 is 11.9 Å². The van der Waals surface area contributed by atoms with Crippen molar-refractivity contribution in [3.8, 4) is 0 Å². The third-order valence-corrected chi connectivity index (χ3v) is 15.1. The Bertz CT molecular complexity index is 1500. The molecule has 0 bridgehead atoms. The monoisotopic (exact) mass is 1100 g/mol. The van der Waals surface area contributed by atoms with Crippen LogP contribution in [0.5, 0.6) is 0 Å². The van der Waals surface area contributed by atoms with Crippen molar-refractivity contribution in [2.45, 2.75) is 339 Å². The summed E-state index contributed by atoms with van der Waals surface area (Å²) < 4.78 is 17.6. The van der Waals surface area contributed by atoms with Crippen LogP contribution in [0.2, 0.25) is 0 Å². The first-order valence-electron chi connectivity index (χ1n) is 32.6. The van der Waals surface area contributed by atoms with E-state index in [0.717, 1.165) is 83.5 Å². The second-order valence-corrected chi connectivity index (χ2v) is 22.5. The highest BCUT2D eigenvalue weighted by molar-refractivity contribution is 5.80. The Morgan fingerprint density at radius 2 is 0.885 bits per heavy atom. The van der Waals surface area contributed by atoms with Crippen LogP contribution in [0.1, 0.15) is 290 Å². The molecule has 0 spiro atoms. The van der Waals surface area contributed by atoms with Gasteiger partial charge in [0.2, 0.25) is 5.91 Å². The second kappa shape index (κ2) is 54.9. The minimum atomic E-state index is -1.62. The zero-order valence-electron chi connectivity index (χ0n) is 50.3. The molecule has 0 radical (unpaired) electrons. The van der Waals surface area contributed by atoms with Gasteiger partial charge in [0.15, 0.2) is 12.4 Å². The normalized spacial score (nSPS) is 19.3. The summed E-state index contributed by atoms with van der Waals surface area (Å²) in [4.78, 5) is 26.6. The van der Waals surface area contributed by atoms with Gasteiger partial charge in [0, 0.05) is 6.42 Å². The van der Waals surface area contributed by atoms with Crippen LogP contribution in [-0.4, -0.2) is 99.6 Å². The molecule has 1 heterocycles. The van der Waals surface area contributed by atoms with Gasteiger partial charge in [-0.2, -0.15) is 0 Å². The van der Waals surface area contributed by atoms with Crippen LogP contribution < -0.4 is 5.32 Å². The minimum Gasteiger partial charge on any atom is -0.454 e. The molecule has 8 unspecified atom stereocenters. The Morgan fingerprint density at radius 1 is 0.500 bits per heavy atom. The Kier molecular flexibility index (Phi) is 51.7. The topological polar surface area (TPSA) is 175 Å². The number of aliphatic hydroxyl groups excluding tert-OH is 5. The lowest BCUT2D eigenvalue weighted by molar-refractivity contribution is -0.305. The maximum Gasteiger partial charge on any atom is 0.306 e. The predicted molar refractivity (Wildman–Crippen MR) is 324 cm³/mol. The molecule has 1 fully saturated rings. The first-order chi connectivity index (χ1) is 38.2. The number of nitrogens with one attached hydrogen (secondary N) is 1. The smallest absolute Gasteiger partial charge is 0.306 e. The molecule has 11 heteroatoms. The van der Waals surface area contributed by atoms with E-state index in [4.69, 9.17) is 14.2 Å². The fraction of sp³-hybridized carbons (Fsp3) is 0.821. The number of hydrogen-bond donors (Lipinski definition) is 6. The number of esters is 1. The zero-order valence-corrected chi connectivity index (χ0v) is 50.3. The highest BCUT2D eigenvalue weighted by Gasteiger charge is 2.47. The number of aliphatic hydroxyl groups is 5. The van der Waals surface area contributed by atoms with Gasteiger partial charge in [-0.25, -0.2) is 0 Å². The molecule has 1 aliphatic heterocycles. The van der Waals surface area contributed by atoms with Gasteiger partial charge in [-0.15, -0.1) is 0 Å². The summed E-state index contributed by atoms with van der Waals surface area (Å²) in [6.07, 6.45) is 58.2. The molecule has 11 nitrogen and oxygen atoms in total. The predicted octanol–water partition coefficient (Wildman–Crippen LogP) is 15.8. The molecular formula is C67H121NO10. The number of allylic oxidation sites excluding steroid dienone is 9. The molecule has 6 N–H and O–H groups in total. The molecule has 0 aromatic heterocycles. The van der Waals surface area contributed by atoms with Crippen LogP contribution >= 0.6 is 0 Å². The average Bonchev–Trinajstić information content (AvgIpc) is 3.45. The summed E-state index contributed by atoms with van der Waals surface area (Å²) in [5.41, 5.74) is 0. The summed E-state index contributed by atoms with van der Waals surface area (Å²) in [5, 5.41) is 57.0. The molecule has 78 heavy (non-hydrogen) atoms. The lowest BCUT2D eigenvalue weighted by Crippen LogP contribution is -2.61. The van der Waals surface area contributed by atoms with Crippen LogP contribution in [0, 0.1) is 0 Å². The van der Waals surface area contributed by atoms with Gasteiger partial charge in [-0.3, -0.25) is 9.59 Å². The van der Waals surface area contributed by atoms with Crippen molar-refractivity contribution in [3.63, 3.8) is 0 Å². The van der Waals surface area contributed by atoms with E-state index in [0.29, 0.717) is 12.8 Å². The molecule has 0 aromatic rings. The van der Waals surface area contributed by atoms with E-state index in [1.807, 2.05) is 6.08 Å². The molecular weight excluding hydrogens is 979 g/mol. The summed E-state index contributed by atoms with van der Waals surface area (Å²) >= 11 is 0. The third kappa shape index (κ3) is 42.2. The lowest BCUT2D eigenvalue weighted by atomic mass is 9.99. The summed E-state index contributed by atoms with van der Waals surface area (Å²) in [5.74, 6) is -1.21. The minimum absolute atomic E-state index is 0.0974. The largest absolute Gasteiger partial charge is 0.454 e. The highest BCUT2D eigenvalue weighted by Crippen LogP contribution is 2.26. The van der Waals surface area contributed by atoms with Gasteiger partial charge in [0.1, 0.15) is 24.4 Å². The Labute approximate surface area is 478 Å². The van der Waals surface area contributed by atoms with Gasteiger partial charge in [-0.1, -0.05) is 255 Å². The third-order valence-electron chi connectivity index (χ3n) is 15.1. The van der Waals surface area contributed by atoms with Crippen molar-refractivity contribution in [2.75, 3.05) is 13.2 Å². The summed E-state index contributed by atoms with van der Waals surface area (Å²) in [6.45, 7) is 5.76. The van der Waals surface area contributed by atoms with Crippen LogP contribution in [-0.2, 0) is 23.8 Å². The standard InChI is InChI=1S/C67H121NO10/c1-4-7-10-13-16-19-22-25-27-29-30-31-33-34-36-39-42-45-48-51-54-60(71)66(75)68-58(59(70)53-50-47-44-41-38-24-21-18-15-12-9-6-3)57-76-67-65(64(74)63(73)61(56-69)77-67)78-62(72)55-52-49-46-43-40-37-35-32-28-26-23-20-17-14-11-8-5-2/h17,20,25-28,35,37,50,53,58-61,63-65,67,69-71,73-74H,4-16,18-19,21-24,29-34,36,38-49,51-52,54-57H2,1-3H3,(H,68,75)/b20-17-,27-25+,28-26-,37-35-,53-50+. The van der Waals surface area contributed by atoms with Crippen LogP contribution in [0.25, 0.3) is 0 Å². The van der Waals surface area contributed by atoms with E-state index in [-0.39, 0.29) is 19.4 Å². The van der Waals surface area contributed by atoms with Gasteiger partial charge in [0.05, 0.1) is 25.4 Å². The number of unbranched alkanes of at least 4 members (excludes halogenated alkanes) is 33. The van der Waals surface area contributed by atoms with E-state index >= 15 is 0 Å². The van der Waals surface area contributed by atoms with Crippen molar-refractivity contribution < 1.29 is 49.3 Å². The molecule has 1 saturated heterocycles. The van der Waals surface area contributed by atoms with Gasteiger partial charge >= 0.3 is 5.97 Å². The first kappa shape index (κ1) is 73.4. The van der Waals surface area contributed by atoms with Crippen molar-refractivity contribution in [1.82, 2.24) is 5.32 Å². The van der Waals surface area contributed by atoms with E-state index < -0.39 is 67.4 Å². The summed E-state index contributed by atoms with van der Waals surface area (Å²) in [7, 11) is 0. The molecule has 0 aliphatic carbocycles. The summed E-state index contributed by atoms with van der Waals surface area (Å²) in [6, 6.07) is -1.03. The van der Waals surface area contributed by atoms with Crippen molar-refractivity contribution in [2.24, 2.45) is 0 Å². The molecule has 0 aromatic carbocycles. The van der Waals surface area contributed by atoms with Crippen LogP contribution in [0.4, 0.5) is 0 Å². The molecule has 454 valence electrons. The maximum atomic E-state index is 13.4. The van der Waals surface area contributed by atoms with E-state index in [2.05, 4.69) is 74.7 Å². The fourth-order valence-electron chi connectivity index (χ4n) is 9.95. The molecule has 8 atom stereocenters. The van der Waals surface area contributed by atoms with Crippen LogP contribution in [0.3, 0.4) is 0 Å². The fourth-order valence-corrected chi connectivity index (χ4v) is 9.95. The van der Waals surface area contributed by atoms with E-state index in [9.17, 15) is 35.1 Å². The average molecular weight is 1100 g/mol. The maximum absolute atomic E-state index is 13.4. The highest BCUT2D eigenvalue weighted by atomic mass is 16.7. The molecule has 1 aliphatic rings. The van der Waals surface area contributed by atoms with Gasteiger partial charge in [-0.05, 0) is 89.9 Å². The van der Waals surface area contributed by atoms with Crippen molar-refractivity contribution in [1.29, 1.82) is 0 Å². The second-order valence-electron chi connectivity index (χ2n) is 22.5. The Morgan fingerprint density at radius 3 is 1.36 bits per heavy atom. The van der Waals surface area contributed by atoms with Gasteiger partial charge < -0.3 is 45.1 Å². The molecule has 1 rings (SSSR count). The van der Waals surface area contributed by atoms with E-state index in [1.54, 1.807) is 6.08 Å². The zero-order chi connectivity index (χ0) is 56.8.